The fraction of sp³-hybridized carbons (Fsp3) is 0.769. The van der Waals surface area contributed by atoms with Crippen LogP contribution in [0.1, 0.15) is 25.1 Å². The predicted molar refractivity (Wildman–Crippen MR) is 77.6 cm³/mol. The lowest BCUT2D eigenvalue weighted by molar-refractivity contribution is -0.0970. The number of hydrogen-bond donors (Lipinski definition) is 2. The summed E-state index contributed by atoms with van der Waals surface area (Å²) in [6.45, 7) is 7.83. The highest BCUT2D eigenvalue weighted by molar-refractivity contribution is 7.15. The molecule has 2 N–H and O–H groups in total. The van der Waals surface area contributed by atoms with Crippen LogP contribution >= 0.6 is 11.3 Å². The Morgan fingerprint density at radius 3 is 3.16 bits per heavy atom. The van der Waals surface area contributed by atoms with E-state index < -0.39 is 0 Å². The molecule has 1 fully saturated rings. The van der Waals surface area contributed by atoms with Gasteiger partial charge in [-0.15, -0.1) is 11.3 Å². The number of nitrogens with zero attached hydrogens (tertiary/aromatic N) is 2. The molecule has 1 aliphatic heterocycles. The van der Waals surface area contributed by atoms with Crippen molar-refractivity contribution >= 4 is 16.5 Å². The fourth-order valence-electron chi connectivity index (χ4n) is 2.29. The molecule has 2 heterocycles. The molecule has 2 unspecified atom stereocenters. The third kappa shape index (κ3) is 4.42. The first-order valence-electron chi connectivity index (χ1n) is 6.88. The predicted octanol–water partition coefficient (Wildman–Crippen LogP) is 1.55. The van der Waals surface area contributed by atoms with Crippen molar-refractivity contribution in [1.82, 2.24) is 9.88 Å². The lowest BCUT2D eigenvalue weighted by Gasteiger charge is -2.35. The van der Waals surface area contributed by atoms with Crippen LogP contribution in [0.5, 0.6) is 0 Å². The Kier molecular flexibility index (Phi) is 5.57. The summed E-state index contributed by atoms with van der Waals surface area (Å²) in [6, 6.07) is 0. The number of rotatable bonds is 6. The van der Waals surface area contributed by atoms with Gasteiger partial charge in [0.05, 0.1) is 18.8 Å². The largest absolute Gasteiger partial charge is 0.394 e. The third-order valence-corrected chi connectivity index (χ3v) is 4.00. The lowest BCUT2D eigenvalue weighted by atomic mass is 10.2. The van der Waals surface area contributed by atoms with Crippen molar-refractivity contribution in [2.45, 2.75) is 39.0 Å². The molecule has 5 nitrogen and oxygen atoms in total. The topological polar surface area (TPSA) is 57.6 Å². The van der Waals surface area contributed by atoms with Crippen LogP contribution in [-0.2, 0) is 11.3 Å². The molecule has 0 aliphatic carbocycles. The molecule has 0 amide bonds. The fourth-order valence-corrected chi connectivity index (χ4v) is 3.17. The first kappa shape index (κ1) is 14.7. The van der Waals surface area contributed by atoms with E-state index in [4.69, 9.17) is 4.74 Å². The monoisotopic (exact) mass is 285 g/mol. The van der Waals surface area contributed by atoms with Gasteiger partial charge in [-0.25, -0.2) is 4.98 Å². The first-order chi connectivity index (χ1) is 9.21. The second kappa shape index (κ2) is 7.19. The number of ether oxygens (including phenoxy) is 1. The molecule has 0 spiro atoms. The lowest BCUT2D eigenvalue weighted by Crippen LogP contribution is -2.47. The van der Waals surface area contributed by atoms with E-state index in [0.717, 1.165) is 37.7 Å². The smallest absolute Gasteiger partial charge is 0.182 e. The van der Waals surface area contributed by atoms with Crippen molar-refractivity contribution in [2.75, 3.05) is 31.6 Å². The van der Waals surface area contributed by atoms with Crippen LogP contribution in [0, 0.1) is 0 Å². The van der Waals surface area contributed by atoms with Gasteiger partial charge in [0, 0.05) is 37.3 Å². The van der Waals surface area contributed by atoms with E-state index in [1.165, 1.54) is 4.88 Å². The Labute approximate surface area is 118 Å². The van der Waals surface area contributed by atoms with Crippen molar-refractivity contribution in [3.8, 4) is 0 Å². The minimum atomic E-state index is -0.0608. The maximum absolute atomic E-state index is 9.22. The number of morpholine rings is 1. The minimum Gasteiger partial charge on any atom is -0.394 e. The number of aliphatic hydroxyl groups excluding tert-OH is 1. The minimum absolute atomic E-state index is 0.0608. The number of anilines is 1. The van der Waals surface area contributed by atoms with Gasteiger partial charge in [0.2, 0.25) is 0 Å². The van der Waals surface area contributed by atoms with Gasteiger partial charge in [0.1, 0.15) is 0 Å². The molecule has 1 aromatic heterocycles. The molecule has 0 bridgehead atoms. The van der Waals surface area contributed by atoms with Crippen LogP contribution in [0.15, 0.2) is 6.20 Å². The van der Waals surface area contributed by atoms with Crippen LogP contribution in [-0.4, -0.2) is 53.4 Å². The zero-order chi connectivity index (χ0) is 13.7. The van der Waals surface area contributed by atoms with Gasteiger partial charge in [0.15, 0.2) is 5.13 Å². The summed E-state index contributed by atoms with van der Waals surface area (Å²) < 4.78 is 5.65. The Morgan fingerprint density at radius 1 is 1.58 bits per heavy atom. The maximum atomic E-state index is 9.22. The van der Waals surface area contributed by atoms with E-state index in [1.54, 1.807) is 11.3 Å². The molecule has 0 radical (unpaired) electrons. The van der Waals surface area contributed by atoms with Crippen LogP contribution < -0.4 is 5.32 Å². The van der Waals surface area contributed by atoms with Crippen molar-refractivity contribution in [3.63, 3.8) is 0 Å². The highest BCUT2D eigenvalue weighted by Gasteiger charge is 2.24. The van der Waals surface area contributed by atoms with Crippen LogP contribution in [0.4, 0.5) is 5.13 Å². The zero-order valence-electron chi connectivity index (χ0n) is 11.6. The molecule has 2 atom stereocenters. The molecule has 108 valence electrons. The number of hydrogen-bond acceptors (Lipinski definition) is 6. The zero-order valence-corrected chi connectivity index (χ0v) is 12.4. The summed E-state index contributed by atoms with van der Waals surface area (Å²) in [7, 11) is 0. The van der Waals surface area contributed by atoms with E-state index in [-0.39, 0.29) is 18.8 Å². The third-order valence-electron chi connectivity index (χ3n) is 3.06. The van der Waals surface area contributed by atoms with E-state index in [1.807, 2.05) is 6.20 Å². The highest BCUT2D eigenvalue weighted by Crippen LogP contribution is 2.21. The summed E-state index contributed by atoms with van der Waals surface area (Å²) in [4.78, 5) is 7.96. The van der Waals surface area contributed by atoms with Crippen molar-refractivity contribution in [3.05, 3.63) is 11.1 Å². The summed E-state index contributed by atoms with van der Waals surface area (Å²) in [5.41, 5.74) is 0. The average Bonchev–Trinajstić information content (AvgIpc) is 2.83. The first-order valence-corrected chi connectivity index (χ1v) is 7.70. The van der Waals surface area contributed by atoms with Gasteiger partial charge in [0.25, 0.3) is 0 Å². The van der Waals surface area contributed by atoms with E-state index >= 15 is 0 Å². The molecular formula is C13H23N3O2S. The van der Waals surface area contributed by atoms with E-state index in [2.05, 4.69) is 29.0 Å². The van der Waals surface area contributed by atoms with Crippen LogP contribution in [0.25, 0.3) is 0 Å². The molecule has 0 aromatic carbocycles. The van der Waals surface area contributed by atoms with Gasteiger partial charge >= 0.3 is 0 Å². The summed E-state index contributed by atoms with van der Waals surface area (Å²) in [5, 5.41) is 13.5. The van der Waals surface area contributed by atoms with Gasteiger partial charge in [-0.05, 0) is 13.3 Å². The Hall–Kier alpha value is -0.690. The SMILES string of the molecule is CCCNc1ncc(CN2CC(C)OC(CO)C2)s1. The average molecular weight is 285 g/mol. The van der Waals surface area contributed by atoms with Gasteiger partial charge < -0.3 is 15.2 Å². The standard InChI is InChI=1S/C13H23N3O2S/c1-3-4-14-13-15-5-12(19-13)8-16-6-10(2)18-11(7-16)9-17/h5,10-11,17H,3-4,6-9H2,1-2H3,(H,14,15). The Morgan fingerprint density at radius 2 is 2.42 bits per heavy atom. The molecule has 1 aliphatic rings. The Bertz CT molecular complexity index is 386. The van der Waals surface area contributed by atoms with Crippen molar-refractivity contribution in [1.29, 1.82) is 0 Å². The molecule has 6 heteroatoms. The summed E-state index contributed by atoms with van der Waals surface area (Å²) in [5.74, 6) is 0. The number of thiazole rings is 1. The second-order valence-electron chi connectivity index (χ2n) is 5.00. The van der Waals surface area contributed by atoms with Crippen molar-refractivity contribution < 1.29 is 9.84 Å². The highest BCUT2D eigenvalue weighted by atomic mass is 32.1. The van der Waals surface area contributed by atoms with E-state index in [0.29, 0.717) is 0 Å². The molecular weight excluding hydrogens is 262 g/mol. The van der Waals surface area contributed by atoms with Crippen LogP contribution in [0.3, 0.4) is 0 Å². The summed E-state index contributed by atoms with van der Waals surface area (Å²) >= 11 is 1.71. The number of aromatic nitrogens is 1. The van der Waals surface area contributed by atoms with Gasteiger partial charge in [-0.2, -0.15) is 0 Å². The quantitative estimate of drug-likeness (QED) is 0.830. The second-order valence-corrected chi connectivity index (χ2v) is 6.12. The summed E-state index contributed by atoms with van der Waals surface area (Å²) in [6.07, 6.45) is 3.16. The normalized spacial score (nSPS) is 24.6. The molecule has 0 saturated carbocycles. The molecule has 2 rings (SSSR count). The molecule has 1 saturated heterocycles. The number of aliphatic hydroxyl groups is 1. The number of nitrogens with one attached hydrogen (secondary N) is 1. The van der Waals surface area contributed by atoms with Crippen molar-refractivity contribution in [2.24, 2.45) is 0 Å². The maximum Gasteiger partial charge on any atom is 0.182 e. The van der Waals surface area contributed by atoms with Gasteiger partial charge in [-0.1, -0.05) is 6.92 Å². The Balaban J connectivity index is 1.87. The van der Waals surface area contributed by atoms with Crippen LogP contribution in [0.2, 0.25) is 0 Å². The van der Waals surface area contributed by atoms with Gasteiger partial charge in [-0.3, -0.25) is 4.90 Å². The van der Waals surface area contributed by atoms with E-state index in [9.17, 15) is 5.11 Å². The molecule has 19 heavy (non-hydrogen) atoms. The molecule has 1 aromatic rings.